The number of hydrogen-bond donors (Lipinski definition) is 0. The minimum absolute atomic E-state index is 0.00647. The highest BCUT2D eigenvalue weighted by Crippen LogP contribution is 2.43. The third kappa shape index (κ3) is 4.69. The van der Waals surface area contributed by atoms with Crippen molar-refractivity contribution in [1.29, 1.82) is 0 Å². The van der Waals surface area contributed by atoms with Crippen LogP contribution in [0, 0.1) is 0 Å². The fourth-order valence-electron chi connectivity index (χ4n) is 7.98. The van der Waals surface area contributed by atoms with Crippen LogP contribution in [0.2, 0.25) is 0 Å². The quantitative estimate of drug-likeness (QED) is 0.170. The standard InChI is InChI=1S/C49H31NO/c51-49-42-26-24-35(32-14-4-1-5-15-32)28-43(42)45-30-37(41-23-13-11-21-39(41)34-18-8-3-9-19-34)31-46-44-29-36(25-27-47(44)50(49)48(45)46)40-22-12-10-20-38(40)33-16-6-2-7-17-33/h1-31H. The van der Waals surface area contributed by atoms with Crippen LogP contribution in [0.4, 0.5) is 0 Å². The second kappa shape index (κ2) is 11.7. The molecule has 0 N–H and O–H groups in total. The van der Waals surface area contributed by atoms with Gasteiger partial charge in [0, 0.05) is 21.5 Å². The Labute approximate surface area is 295 Å². The molecule has 0 spiro atoms. The van der Waals surface area contributed by atoms with Gasteiger partial charge < -0.3 is 0 Å². The van der Waals surface area contributed by atoms with E-state index in [0.29, 0.717) is 5.39 Å². The molecular formula is C49H31NO. The molecule has 0 amide bonds. The highest BCUT2D eigenvalue weighted by molar-refractivity contribution is 6.22. The predicted octanol–water partition coefficient (Wildman–Crippen LogP) is 12.5. The zero-order chi connectivity index (χ0) is 33.9. The molecule has 2 heterocycles. The zero-order valence-electron chi connectivity index (χ0n) is 27.8. The maximum absolute atomic E-state index is 14.6. The van der Waals surface area contributed by atoms with Crippen molar-refractivity contribution < 1.29 is 0 Å². The average Bonchev–Trinajstić information content (AvgIpc) is 3.54. The third-order valence-corrected chi connectivity index (χ3v) is 10.4. The van der Waals surface area contributed by atoms with Gasteiger partial charge in [-0.15, -0.1) is 0 Å². The Morgan fingerprint density at radius 3 is 1.31 bits per heavy atom. The van der Waals surface area contributed by atoms with Crippen molar-refractivity contribution in [1.82, 2.24) is 4.40 Å². The minimum Gasteiger partial charge on any atom is -0.275 e. The van der Waals surface area contributed by atoms with Gasteiger partial charge in [-0.05, 0) is 97.4 Å². The lowest BCUT2D eigenvalue weighted by atomic mass is 9.91. The van der Waals surface area contributed by atoms with Crippen LogP contribution < -0.4 is 5.56 Å². The number of nitrogens with zero attached hydrogens (tertiary/aromatic N) is 1. The number of benzene rings is 8. The van der Waals surface area contributed by atoms with Gasteiger partial charge in [-0.1, -0.05) is 152 Å². The summed E-state index contributed by atoms with van der Waals surface area (Å²) in [6.45, 7) is 0. The number of aromatic nitrogens is 1. The van der Waals surface area contributed by atoms with E-state index < -0.39 is 0 Å². The summed E-state index contributed by atoms with van der Waals surface area (Å²) in [5, 5.41) is 4.89. The monoisotopic (exact) mass is 649 g/mol. The van der Waals surface area contributed by atoms with Crippen LogP contribution in [-0.4, -0.2) is 4.40 Å². The summed E-state index contributed by atoms with van der Waals surface area (Å²) < 4.78 is 1.95. The van der Waals surface area contributed by atoms with Gasteiger partial charge in [0.1, 0.15) is 0 Å². The topological polar surface area (TPSA) is 21.5 Å². The van der Waals surface area contributed by atoms with Gasteiger partial charge in [0.15, 0.2) is 0 Å². The van der Waals surface area contributed by atoms with E-state index in [2.05, 4.69) is 176 Å². The minimum atomic E-state index is 0.00647. The lowest BCUT2D eigenvalue weighted by molar-refractivity contribution is 1.21. The van der Waals surface area contributed by atoms with Crippen LogP contribution in [0.3, 0.4) is 0 Å². The fourth-order valence-corrected chi connectivity index (χ4v) is 7.98. The molecular weight excluding hydrogens is 619 g/mol. The molecule has 0 atom stereocenters. The second-order valence-electron chi connectivity index (χ2n) is 13.2. The molecule has 0 aliphatic rings. The second-order valence-corrected chi connectivity index (χ2v) is 13.2. The molecule has 0 bridgehead atoms. The first-order valence-electron chi connectivity index (χ1n) is 17.4. The Balaban J connectivity index is 1.32. The lowest BCUT2D eigenvalue weighted by Gasteiger charge is -2.13. The predicted molar refractivity (Wildman–Crippen MR) is 215 cm³/mol. The fraction of sp³-hybridized carbons (Fsp3) is 0. The molecule has 10 aromatic rings. The first-order chi connectivity index (χ1) is 25.2. The Morgan fingerprint density at radius 2 is 0.725 bits per heavy atom. The molecule has 0 fully saturated rings. The SMILES string of the molecule is O=c1c2ccc(-c3ccccc3)cc2c2cc(-c3ccccc3-c3ccccc3)cc3c4cc(-c5ccccc5-c5ccccc5)ccc4n1c23. The Bertz CT molecular complexity index is 2960. The molecule has 0 aliphatic carbocycles. The molecule has 2 nitrogen and oxygen atoms in total. The Kier molecular flexibility index (Phi) is 6.68. The summed E-state index contributed by atoms with van der Waals surface area (Å²) in [6.07, 6.45) is 0. The van der Waals surface area contributed by atoms with Crippen molar-refractivity contribution >= 4 is 38.0 Å². The average molecular weight is 650 g/mol. The Hall–Kier alpha value is -6.77. The van der Waals surface area contributed by atoms with Crippen molar-refractivity contribution in [2.75, 3.05) is 0 Å². The van der Waals surface area contributed by atoms with Gasteiger partial charge in [0.05, 0.1) is 11.0 Å². The molecule has 0 radical (unpaired) electrons. The van der Waals surface area contributed by atoms with Crippen molar-refractivity contribution in [3.8, 4) is 55.6 Å². The van der Waals surface area contributed by atoms with Gasteiger partial charge in [-0.3, -0.25) is 9.20 Å². The highest BCUT2D eigenvalue weighted by Gasteiger charge is 2.21. The van der Waals surface area contributed by atoms with Crippen LogP contribution in [0.1, 0.15) is 0 Å². The van der Waals surface area contributed by atoms with Crippen LogP contribution in [0.25, 0.3) is 93.6 Å². The van der Waals surface area contributed by atoms with Crippen molar-refractivity contribution in [2.24, 2.45) is 0 Å². The normalized spacial score (nSPS) is 11.6. The summed E-state index contributed by atoms with van der Waals surface area (Å²) in [6, 6.07) is 66.2. The summed E-state index contributed by atoms with van der Waals surface area (Å²) >= 11 is 0. The smallest absolute Gasteiger partial charge is 0.263 e. The summed E-state index contributed by atoms with van der Waals surface area (Å²) in [5.41, 5.74) is 13.4. The Morgan fingerprint density at radius 1 is 0.294 bits per heavy atom. The number of pyridine rings is 1. The van der Waals surface area contributed by atoms with Crippen molar-refractivity contribution in [3.05, 3.63) is 198 Å². The zero-order valence-corrected chi connectivity index (χ0v) is 27.8. The first kappa shape index (κ1) is 29.2. The summed E-state index contributed by atoms with van der Waals surface area (Å²) in [5.74, 6) is 0. The molecule has 0 unspecified atom stereocenters. The van der Waals surface area contributed by atoms with E-state index in [1.807, 2.05) is 16.5 Å². The van der Waals surface area contributed by atoms with Crippen molar-refractivity contribution in [3.63, 3.8) is 0 Å². The van der Waals surface area contributed by atoms with Crippen molar-refractivity contribution in [2.45, 2.75) is 0 Å². The molecule has 238 valence electrons. The largest absolute Gasteiger partial charge is 0.275 e. The van der Waals surface area contributed by atoms with Gasteiger partial charge in [0.2, 0.25) is 0 Å². The number of fused-ring (bicyclic) bond motifs is 5. The van der Waals surface area contributed by atoms with E-state index in [9.17, 15) is 4.79 Å². The molecule has 0 saturated heterocycles. The van der Waals surface area contributed by atoms with E-state index in [-0.39, 0.29) is 5.56 Å². The van der Waals surface area contributed by atoms with E-state index in [1.165, 1.54) is 22.3 Å². The van der Waals surface area contributed by atoms with Gasteiger partial charge in [-0.25, -0.2) is 0 Å². The maximum Gasteiger partial charge on any atom is 0.263 e. The third-order valence-electron chi connectivity index (χ3n) is 10.4. The maximum atomic E-state index is 14.6. The van der Waals surface area contributed by atoms with Gasteiger partial charge in [-0.2, -0.15) is 0 Å². The molecule has 0 aliphatic heterocycles. The molecule has 2 aromatic heterocycles. The van der Waals surface area contributed by atoms with E-state index in [4.69, 9.17) is 0 Å². The van der Waals surface area contributed by atoms with E-state index in [1.54, 1.807) is 0 Å². The molecule has 10 rings (SSSR count). The molecule has 51 heavy (non-hydrogen) atoms. The van der Waals surface area contributed by atoms with Crippen LogP contribution in [-0.2, 0) is 0 Å². The van der Waals surface area contributed by atoms with Crippen LogP contribution in [0.5, 0.6) is 0 Å². The van der Waals surface area contributed by atoms with Gasteiger partial charge in [0.25, 0.3) is 5.56 Å². The molecule has 8 aromatic carbocycles. The van der Waals surface area contributed by atoms with Crippen LogP contribution in [0.15, 0.2) is 193 Å². The number of hydrogen-bond acceptors (Lipinski definition) is 1. The van der Waals surface area contributed by atoms with E-state index >= 15 is 0 Å². The molecule has 2 heteroatoms. The number of rotatable bonds is 5. The van der Waals surface area contributed by atoms with Crippen LogP contribution >= 0.6 is 0 Å². The highest BCUT2D eigenvalue weighted by atomic mass is 16.1. The molecule has 0 saturated carbocycles. The summed E-state index contributed by atoms with van der Waals surface area (Å²) in [7, 11) is 0. The first-order valence-corrected chi connectivity index (χ1v) is 17.4. The van der Waals surface area contributed by atoms with E-state index in [0.717, 1.165) is 66.0 Å². The lowest BCUT2D eigenvalue weighted by Crippen LogP contribution is -2.13. The van der Waals surface area contributed by atoms with Gasteiger partial charge >= 0.3 is 0 Å². The summed E-state index contributed by atoms with van der Waals surface area (Å²) in [4.78, 5) is 14.6.